The largest absolute Gasteiger partial charge is 0.450 e. The first-order valence-electron chi connectivity index (χ1n) is 16.2. The third kappa shape index (κ3) is 7.63. The zero-order valence-corrected chi connectivity index (χ0v) is 25.9. The van der Waals surface area contributed by atoms with Crippen LogP contribution in [0.1, 0.15) is 91.8 Å². The number of likely N-dealkylation sites (tertiary alicyclic amines) is 1. The summed E-state index contributed by atoms with van der Waals surface area (Å²) >= 11 is 0. The molecule has 0 aromatic heterocycles. The highest BCUT2D eigenvalue weighted by Gasteiger charge is 2.46. The van der Waals surface area contributed by atoms with Gasteiger partial charge in [0.05, 0.1) is 29.5 Å². The minimum Gasteiger partial charge on any atom is -0.450 e. The van der Waals surface area contributed by atoms with Gasteiger partial charge in [-0.25, -0.2) is 4.79 Å². The summed E-state index contributed by atoms with van der Waals surface area (Å²) in [6.07, 6.45) is 6.11. The van der Waals surface area contributed by atoms with Crippen molar-refractivity contribution in [3.05, 3.63) is 29.3 Å². The number of piperidine rings is 2. The van der Waals surface area contributed by atoms with Crippen LogP contribution in [0.5, 0.6) is 0 Å². The lowest BCUT2D eigenvalue weighted by atomic mass is 10.0. The van der Waals surface area contributed by atoms with E-state index in [0.717, 1.165) is 49.8 Å². The molecule has 244 valence electrons. The van der Waals surface area contributed by atoms with Crippen LogP contribution in [0, 0.1) is 0 Å². The van der Waals surface area contributed by atoms with Crippen molar-refractivity contribution in [3.8, 4) is 0 Å². The molecular formula is C32H43N5O8. The molecule has 0 radical (unpaired) electrons. The fraction of sp³-hybridized carbons (Fsp3) is 0.625. The molecule has 3 saturated heterocycles. The lowest BCUT2D eigenvalue weighted by Gasteiger charge is -2.41. The van der Waals surface area contributed by atoms with E-state index in [1.807, 2.05) is 16.7 Å². The van der Waals surface area contributed by atoms with Crippen LogP contribution in [-0.4, -0.2) is 103 Å². The quantitative estimate of drug-likeness (QED) is 0.248. The number of carbonyl (C=O) groups is 6. The molecule has 4 aliphatic heterocycles. The van der Waals surface area contributed by atoms with Crippen LogP contribution in [0.3, 0.4) is 0 Å². The second-order valence-electron chi connectivity index (χ2n) is 12.1. The summed E-state index contributed by atoms with van der Waals surface area (Å²) in [7, 11) is 0. The van der Waals surface area contributed by atoms with Crippen LogP contribution in [0.4, 0.5) is 10.5 Å². The molecule has 1 aromatic carbocycles. The summed E-state index contributed by atoms with van der Waals surface area (Å²) in [5, 5.41) is 5.12. The van der Waals surface area contributed by atoms with E-state index in [0.29, 0.717) is 57.1 Å². The topological polar surface area (TPSA) is 155 Å². The van der Waals surface area contributed by atoms with E-state index < -0.39 is 29.7 Å². The highest BCUT2D eigenvalue weighted by Crippen LogP contribution is 2.36. The van der Waals surface area contributed by atoms with E-state index >= 15 is 0 Å². The molecule has 13 heteroatoms. The molecular weight excluding hydrogens is 582 g/mol. The molecule has 4 aliphatic rings. The Morgan fingerprint density at radius 3 is 2.47 bits per heavy atom. The molecule has 2 N–H and O–H groups in total. The molecule has 0 spiro atoms. The van der Waals surface area contributed by atoms with Crippen molar-refractivity contribution in [3.63, 3.8) is 0 Å². The van der Waals surface area contributed by atoms with Gasteiger partial charge in [0, 0.05) is 51.7 Å². The summed E-state index contributed by atoms with van der Waals surface area (Å²) in [6, 6.07) is 4.17. The Balaban J connectivity index is 0.967. The predicted octanol–water partition coefficient (Wildman–Crippen LogP) is 2.37. The second-order valence-corrected chi connectivity index (χ2v) is 12.1. The van der Waals surface area contributed by atoms with Gasteiger partial charge in [0.15, 0.2) is 0 Å². The van der Waals surface area contributed by atoms with Gasteiger partial charge in [-0.1, -0.05) is 25.8 Å². The Labute approximate surface area is 262 Å². The normalized spacial score (nSPS) is 20.6. The zero-order valence-electron chi connectivity index (χ0n) is 25.9. The van der Waals surface area contributed by atoms with Crippen molar-refractivity contribution in [1.82, 2.24) is 20.4 Å². The SMILES string of the molecule is CCCCOC(=O)NC1CCN(C(=O)CCCCCOC2CN(c3cccc4c3C(=O)N(C3CCC(=O)NC3=O)C4=O)C2)CC1. The summed E-state index contributed by atoms with van der Waals surface area (Å²) in [6.45, 7) is 5.48. The van der Waals surface area contributed by atoms with Gasteiger partial charge in [-0.05, 0) is 50.7 Å². The molecule has 13 nitrogen and oxygen atoms in total. The Morgan fingerprint density at radius 1 is 0.956 bits per heavy atom. The first-order chi connectivity index (χ1) is 21.8. The number of fused-ring (bicyclic) bond motifs is 1. The number of amides is 6. The Hall–Kier alpha value is -4.00. The third-order valence-corrected chi connectivity index (χ3v) is 8.92. The van der Waals surface area contributed by atoms with Crippen LogP contribution >= 0.6 is 0 Å². The molecule has 45 heavy (non-hydrogen) atoms. The van der Waals surface area contributed by atoms with Crippen molar-refractivity contribution < 1.29 is 38.2 Å². The minimum absolute atomic E-state index is 0.000219. The fourth-order valence-corrected chi connectivity index (χ4v) is 6.25. The van der Waals surface area contributed by atoms with Gasteiger partial charge >= 0.3 is 6.09 Å². The molecule has 0 saturated carbocycles. The van der Waals surface area contributed by atoms with Gasteiger partial charge < -0.3 is 24.6 Å². The molecule has 0 aliphatic carbocycles. The lowest BCUT2D eigenvalue weighted by molar-refractivity contribution is -0.136. The third-order valence-electron chi connectivity index (χ3n) is 8.92. The van der Waals surface area contributed by atoms with Gasteiger partial charge in [-0.3, -0.25) is 34.2 Å². The van der Waals surface area contributed by atoms with Crippen molar-refractivity contribution in [1.29, 1.82) is 0 Å². The fourth-order valence-electron chi connectivity index (χ4n) is 6.25. The van der Waals surface area contributed by atoms with Crippen LogP contribution in [0.2, 0.25) is 0 Å². The number of unbranched alkanes of at least 4 members (excludes halogenated alkanes) is 3. The lowest BCUT2D eigenvalue weighted by Crippen LogP contribution is -2.54. The maximum absolute atomic E-state index is 13.3. The smallest absolute Gasteiger partial charge is 0.407 e. The van der Waals surface area contributed by atoms with Gasteiger partial charge in [-0.2, -0.15) is 0 Å². The Kier molecular flexibility index (Phi) is 10.7. The Bertz CT molecular complexity index is 1300. The summed E-state index contributed by atoms with van der Waals surface area (Å²) < 4.78 is 11.2. The standard InChI is InChI=1S/C32H43N5O8/c1-2-3-17-45-32(43)33-21-13-15-35(16-14-21)27(39)10-5-4-6-18-44-22-19-36(20-22)24-9-7-8-23-28(24)31(42)37(30(23)41)25-11-12-26(38)34-29(25)40/h7-9,21-22,25H,2-6,10-20H2,1H3,(H,33,43)(H,34,38,40). The minimum atomic E-state index is -0.993. The highest BCUT2D eigenvalue weighted by atomic mass is 16.5. The van der Waals surface area contributed by atoms with E-state index in [2.05, 4.69) is 10.6 Å². The summed E-state index contributed by atoms with van der Waals surface area (Å²) in [5.74, 6) is -1.91. The number of hydrogen-bond donors (Lipinski definition) is 2. The van der Waals surface area contributed by atoms with Crippen molar-refractivity contribution in [2.45, 2.75) is 89.3 Å². The van der Waals surface area contributed by atoms with E-state index in [-0.39, 0.29) is 42.6 Å². The first-order valence-corrected chi connectivity index (χ1v) is 16.2. The van der Waals surface area contributed by atoms with Crippen LogP contribution in [0.15, 0.2) is 18.2 Å². The second kappa shape index (κ2) is 14.9. The van der Waals surface area contributed by atoms with Crippen LogP contribution in [0.25, 0.3) is 0 Å². The van der Waals surface area contributed by atoms with Crippen molar-refractivity contribution >= 4 is 41.3 Å². The maximum atomic E-state index is 13.3. The molecule has 1 aromatic rings. The molecule has 6 amide bonds. The van der Waals surface area contributed by atoms with Gasteiger partial charge in [0.25, 0.3) is 11.8 Å². The average molecular weight is 626 g/mol. The molecule has 4 heterocycles. The van der Waals surface area contributed by atoms with Crippen molar-refractivity contribution in [2.24, 2.45) is 0 Å². The molecule has 1 unspecified atom stereocenters. The average Bonchev–Trinajstić information content (AvgIpc) is 3.25. The highest BCUT2D eigenvalue weighted by molar-refractivity contribution is 6.25. The maximum Gasteiger partial charge on any atom is 0.407 e. The monoisotopic (exact) mass is 625 g/mol. The van der Waals surface area contributed by atoms with E-state index in [1.165, 1.54) is 0 Å². The first kappa shape index (κ1) is 32.4. The van der Waals surface area contributed by atoms with Gasteiger partial charge in [0.2, 0.25) is 17.7 Å². The van der Waals surface area contributed by atoms with Crippen LogP contribution < -0.4 is 15.5 Å². The van der Waals surface area contributed by atoms with Gasteiger partial charge in [0.1, 0.15) is 6.04 Å². The zero-order chi connectivity index (χ0) is 31.9. The number of carbonyl (C=O) groups excluding carboxylic acids is 6. The number of rotatable bonds is 13. The number of benzene rings is 1. The number of alkyl carbamates (subject to hydrolysis) is 1. The number of nitrogens with zero attached hydrogens (tertiary/aromatic N) is 3. The molecule has 3 fully saturated rings. The van der Waals surface area contributed by atoms with E-state index in [9.17, 15) is 28.8 Å². The molecule has 0 bridgehead atoms. The van der Waals surface area contributed by atoms with Crippen LogP contribution in [-0.2, 0) is 23.9 Å². The number of nitrogens with one attached hydrogen (secondary N) is 2. The Morgan fingerprint density at radius 2 is 1.73 bits per heavy atom. The number of imide groups is 2. The van der Waals surface area contributed by atoms with Gasteiger partial charge in [-0.15, -0.1) is 0 Å². The van der Waals surface area contributed by atoms with E-state index in [4.69, 9.17) is 9.47 Å². The molecule has 1 atom stereocenters. The molecule has 5 rings (SSSR count). The van der Waals surface area contributed by atoms with E-state index in [1.54, 1.807) is 18.2 Å². The summed E-state index contributed by atoms with van der Waals surface area (Å²) in [5.41, 5.74) is 1.20. The summed E-state index contributed by atoms with van der Waals surface area (Å²) in [4.78, 5) is 79.7. The number of ether oxygens (including phenoxy) is 2. The number of anilines is 1. The van der Waals surface area contributed by atoms with Crippen molar-refractivity contribution in [2.75, 3.05) is 44.3 Å². The number of hydrogen-bond acceptors (Lipinski definition) is 9. The predicted molar refractivity (Wildman–Crippen MR) is 163 cm³/mol.